The van der Waals surface area contributed by atoms with E-state index in [4.69, 9.17) is 10.7 Å². The molecule has 1 aliphatic carbocycles. The van der Waals surface area contributed by atoms with Crippen LogP contribution in [0.2, 0.25) is 0 Å². The zero-order valence-electron chi connectivity index (χ0n) is 15.9. The Morgan fingerprint density at radius 3 is 2.54 bits per heavy atom. The van der Waals surface area contributed by atoms with E-state index in [2.05, 4.69) is 54.9 Å². The highest BCUT2D eigenvalue weighted by Gasteiger charge is 2.34. The van der Waals surface area contributed by atoms with E-state index in [-0.39, 0.29) is 0 Å². The average Bonchev–Trinajstić information content (AvgIpc) is 2.93. The van der Waals surface area contributed by atoms with E-state index in [0.29, 0.717) is 17.4 Å². The van der Waals surface area contributed by atoms with Crippen molar-refractivity contribution in [1.82, 2.24) is 9.55 Å². The van der Waals surface area contributed by atoms with Crippen molar-refractivity contribution in [3.8, 4) is 0 Å². The number of rotatable bonds is 3. The summed E-state index contributed by atoms with van der Waals surface area (Å²) in [5.74, 6) is 1.64. The number of hydrogen-bond donors (Lipinski definition) is 2. The molecule has 1 saturated carbocycles. The van der Waals surface area contributed by atoms with E-state index >= 15 is 0 Å². The van der Waals surface area contributed by atoms with Gasteiger partial charge in [0.25, 0.3) is 0 Å². The maximum atomic E-state index is 5.82. The number of aromatic nitrogens is 2. The molecule has 0 bridgehead atoms. The average molecular weight is 348 g/mol. The molecule has 26 heavy (non-hydrogen) atoms. The van der Waals surface area contributed by atoms with Crippen molar-refractivity contribution < 1.29 is 0 Å². The van der Waals surface area contributed by atoms with Gasteiger partial charge >= 0.3 is 0 Å². The normalized spacial score (nSPS) is 22.4. The Bertz CT molecular complexity index is 908. The van der Waals surface area contributed by atoms with Gasteiger partial charge in [-0.2, -0.15) is 0 Å². The van der Waals surface area contributed by atoms with Crippen LogP contribution >= 0.6 is 0 Å². The monoisotopic (exact) mass is 348 g/mol. The van der Waals surface area contributed by atoms with Gasteiger partial charge in [0.2, 0.25) is 5.95 Å². The molecule has 4 nitrogen and oxygen atoms in total. The summed E-state index contributed by atoms with van der Waals surface area (Å²) in [7, 11) is 0. The van der Waals surface area contributed by atoms with Gasteiger partial charge < -0.3 is 15.6 Å². The predicted octanol–water partition coefficient (Wildman–Crippen LogP) is 5.75. The fraction of sp³-hybridized carbons (Fsp3) is 0.409. The van der Waals surface area contributed by atoms with E-state index in [1.807, 2.05) is 24.3 Å². The second kappa shape index (κ2) is 6.35. The minimum atomic E-state index is 0.353. The van der Waals surface area contributed by atoms with Crippen LogP contribution in [-0.4, -0.2) is 9.55 Å². The first-order valence-electron chi connectivity index (χ1n) is 9.51. The fourth-order valence-electron chi connectivity index (χ4n) is 4.69. The molecule has 1 aromatic heterocycles. The number of imidazole rings is 1. The van der Waals surface area contributed by atoms with Gasteiger partial charge in [-0.25, -0.2) is 4.98 Å². The summed E-state index contributed by atoms with van der Waals surface area (Å²) in [5.41, 5.74) is 10.2. The van der Waals surface area contributed by atoms with Gasteiger partial charge in [-0.3, -0.25) is 0 Å². The molecule has 4 rings (SSSR count). The highest BCUT2D eigenvalue weighted by molar-refractivity contribution is 5.80. The molecular formula is C22H28N4. The second-order valence-corrected chi connectivity index (χ2v) is 8.61. The Morgan fingerprint density at radius 1 is 1.08 bits per heavy atom. The minimum absolute atomic E-state index is 0.353. The SMILES string of the molecule is C[C@H]1CC(n2c(Nc3ccc(N)cc3)nc3ccccc32)CC(C)(C)C1. The third-order valence-electron chi connectivity index (χ3n) is 5.49. The number of nitrogens with one attached hydrogen (secondary N) is 1. The summed E-state index contributed by atoms with van der Waals surface area (Å²) in [5, 5.41) is 3.52. The predicted molar refractivity (Wildman–Crippen MR) is 110 cm³/mol. The smallest absolute Gasteiger partial charge is 0.208 e. The lowest BCUT2D eigenvalue weighted by Gasteiger charge is -2.40. The zero-order valence-corrected chi connectivity index (χ0v) is 15.9. The number of nitrogens with zero attached hydrogens (tertiary/aromatic N) is 2. The Kier molecular flexibility index (Phi) is 4.14. The first-order chi connectivity index (χ1) is 12.4. The van der Waals surface area contributed by atoms with Crippen molar-refractivity contribution >= 4 is 28.4 Å². The Balaban J connectivity index is 1.77. The van der Waals surface area contributed by atoms with Crippen LogP contribution in [0, 0.1) is 11.3 Å². The number of para-hydroxylation sites is 2. The van der Waals surface area contributed by atoms with Crippen LogP contribution in [0.1, 0.15) is 46.1 Å². The summed E-state index contributed by atoms with van der Waals surface area (Å²) in [4.78, 5) is 4.90. The van der Waals surface area contributed by atoms with Crippen molar-refractivity contribution in [3.63, 3.8) is 0 Å². The lowest BCUT2D eigenvalue weighted by Crippen LogP contribution is -2.29. The highest BCUT2D eigenvalue weighted by atomic mass is 15.2. The molecule has 2 aromatic carbocycles. The number of nitrogens with two attached hydrogens (primary N) is 1. The lowest BCUT2D eigenvalue weighted by molar-refractivity contribution is 0.140. The largest absolute Gasteiger partial charge is 0.399 e. The van der Waals surface area contributed by atoms with Gasteiger partial charge in [-0.05, 0) is 67.0 Å². The lowest BCUT2D eigenvalue weighted by atomic mass is 9.70. The van der Waals surface area contributed by atoms with E-state index < -0.39 is 0 Å². The van der Waals surface area contributed by atoms with Crippen LogP contribution < -0.4 is 11.1 Å². The van der Waals surface area contributed by atoms with E-state index in [1.54, 1.807) is 0 Å². The molecule has 0 radical (unpaired) electrons. The number of hydrogen-bond acceptors (Lipinski definition) is 3. The molecule has 0 aliphatic heterocycles. The molecular weight excluding hydrogens is 320 g/mol. The minimum Gasteiger partial charge on any atom is -0.399 e. The van der Waals surface area contributed by atoms with Crippen molar-refractivity contribution in [3.05, 3.63) is 48.5 Å². The molecule has 0 saturated heterocycles. The summed E-state index contributed by atoms with van der Waals surface area (Å²) in [6.45, 7) is 7.16. The Labute approximate surface area is 155 Å². The van der Waals surface area contributed by atoms with Gasteiger partial charge in [0.15, 0.2) is 0 Å². The molecule has 1 aliphatic rings. The molecule has 3 N–H and O–H groups in total. The first kappa shape index (κ1) is 17.0. The summed E-state index contributed by atoms with van der Waals surface area (Å²) in [6.07, 6.45) is 3.66. The summed E-state index contributed by atoms with van der Waals surface area (Å²) in [6, 6.07) is 16.7. The van der Waals surface area contributed by atoms with Crippen molar-refractivity contribution in [2.24, 2.45) is 11.3 Å². The van der Waals surface area contributed by atoms with Gasteiger partial charge in [-0.1, -0.05) is 32.9 Å². The Morgan fingerprint density at radius 2 is 1.81 bits per heavy atom. The van der Waals surface area contributed by atoms with E-state index in [9.17, 15) is 0 Å². The molecule has 1 fully saturated rings. The Hall–Kier alpha value is -2.49. The van der Waals surface area contributed by atoms with Gasteiger partial charge in [0.05, 0.1) is 11.0 Å². The highest BCUT2D eigenvalue weighted by Crippen LogP contribution is 2.45. The maximum absolute atomic E-state index is 5.82. The van der Waals surface area contributed by atoms with Crippen molar-refractivity contribution in [2.75, 3.05) is 11.1 Å². The topological polar surface area (TPSA) is 55.9 Å². The summed E-state index contributed by atoms with van der Waals surface area (Å²) < 4.78 is 2.42. The molecule has 1 unspecified atom stereocenters. The maximum Gasteiger partial charge on any atom is 0.208 e. The quantitative estimate of drug-likeness (QED) is 0.593. The molecule has 136 valence electrons. The number of fused-ring (bicyclic) bond motifs is 1. The van der Waals surface area contributed by atoms with Gasteiger partial charge in [0, 0.05) is 17.4 Å². The molecule has 4 heteroatoms. The zero-order chi connectivity index (χ0) is 18.3. The van der Waals surface area contributed by atoms with Crippen molar-refractivity contribution in [1.29, 1.82) is 0 Å². The van der Waals surface area contributed by atoms with Crippen molar-refractivity contribution in [2.45, 2.75) is 46.1 Å². The van der Waals surface area contributed by atoms with Crippen LogP contribution in [0.4, 0.5) is 17.3 Å². The third-order valence-corrected chi connectivity index (χ3v) is 5.49. The number of anilines is 3. The van der Waals surface area contributed by atoms with Crippen LogP contribution in [0.25, 0.3) is 11.0 Å². The molecule has 0 amide bonds. The van der Waals surface area contributed by atoms with E-state index in [1.165, 1.54) is 24.8 Å². The third kappa shape index (κ3) is 3.28. The molecule has 2 atom stereocenters. The molecule has 0 spiro atoms. The van der Waals surface area contributed by atoms with Crippen LogP contribution in [-0.2, 0) is 0 Å². The standard InChI is InChI=1S/C22H28N4/c1-15-12-18(14-22(2,3)13-15)26-20-7-5-4-6-19(20)25-21(26)24-17-10-8-16(23)9-11-17/h4-11,15,18H,12-14,23H2,1-3H3,(H,24,25)/t15-,18?/m0/s1. The fourth-order valence-corrected chi connectivity index (χ4v) is 4.69. The first-order valence-corrected chi connectivity index (χ1v) is 9.51. The number of nitrogen functional groups attached to an aromatic ring is 1. The van der Waals surface area contributed by atoms with Gasteiger partial charge in [0.1, 0.15) is 0 Å². The molecule has 3 aromatic rings. The second-order valence-electron chi connectivity index (χ2n) is 8.61. The van der Waals surface area contributed by atoms with Crippen LogP contribution in [0.3, 0.4) is 0 Å². The van der Waals surface area contributed by atoms with Crippen LogP contribution in [0.5, 0.6) is 0 Å². The summed E-state index contributed by atoms with van der Waals surface area (Å²) >= 11 is 0. The van der Waals surface area contributed by atoms with Crippen LogP contribution in [0.15, 0.2) is 48.5 Å². The van der Waals surface area contributed by atoms with E-state index in [0.717, 1.165) is 22.8 Å². The van der Waals surface area contributed by atoms with Gasteiger partial charge in [-0.15, -0.1) is 0 Å². The number of benzene rings is 2. The molecule has 1 heterocycles.